The normalized spacial score (nSPS) is 10.4. The largest absolute Gasteiger partial charge is 0.397 e. The molecule has 0 radical (unpaired) electrons. The third-order valence-electron chi connectivity index (χ3n) is 3.48. The van der Waals surface area contributed by atoms with E-state index in [9.17, 15) is 0 Å². The second kappa shape index (κ2) is 4.73. The first-order chi connectivity index (χ1) is 8.50. The number of nitrogen functional groups attached to an aromatic ring is 1. The minimum atomic E-state index is 0.823. The number of hydrogen-bond donors (Lipinski definition) is 1. The van der Waals surface area contributed by atoms with Crippen molar-refractivity contribution in [2.24, 2.45) is 0 Å². The van der Waals surface area contributed by atoms with Crippen molar-refractivity contribution in [1.82, 2.24) is 0 Å². The molecule has 2 N–H and O–H groups in total. The molecule has 2 rings (SSSR count). The van der Waals surface area contributed by atoms with Crippen molar-refractivity contribution in [1.29, 1.82) is 0 Å². The van der Waals surface area contributed by atoms with Gasteiger partial charge in [0.05, 0.1) is 11.4 Å². The molecule has 0 spiro atoms. The highest BCUT2D eigenvalue weighted by molar-refractivity contribution is 5.77. The van der Waals surface area contributed by atoms with E-state index >= 15 is 0 Å². The topological polar surface area (TPSA) is 29.3 Å². The first-order valence-corrected chi connectivity index (χ1v) is 6.17. The van der Waals surface area contributed by atoms with Crippen LogP contribution in [-0.2, 0) is 0 Å². The molecule has 0 atom stereocenters. The summed E-state index contributed by atoms with van der Waals surface area (Å²) in [4.78, 5) is 2.15. The fourth-order valence-electron chi connectivity index (χ4n) is 2.18. The summed E-state index contributed by atoms with van der Waals surface area (Å²) in [6.45, 7) is 6.32. The Labute approximate surface area is 109 Å². The molecule has 2 aromatic carbocycles. The summed E-state index contributed by atoms with van der Waals surface area (Å²) >= 11 is 0. The summed E-state index contributed by atoms with van der Waals surface area (Å²) in [6.07, 6.45) is 0. The van der Waals surface area contributed by atoms with E-state index in [4.69, 9.17) is 5.73 Å². The van der Waals surface area contributed by atoms with E-state index in [-0.39, 0.29) is 0 Å². The van der Waals surface area contributed by atoms with Gasteiger partial charge in [-0.05, 0) is 55.7 Å². The van der Waals surface area contributed by atoms with Gasteiger partial charge in [0.2, 0.25) is 0 Å². The molecule has 0 aliphatic heterocycles. The smallest absolute Gasteiger partial charge is 0.0644 e. The number of nitrogens with two attached hydrogens (primary N) is 1. The van der Waals surface area contributed by atoms with Crippen LogP contribution in [0.1, 0.15) is 16.7 Å². The van der Waals surface area contributed by atoms with E-state index < -0.39 is 0 Å². The van der Waals surface area contributed by atoms with Crippen LogP contribution in [-0.4, -0.2) is 7.05 Å². The third-order valence-corrected chi connectivity index (χ3v) is 3.48. The Hall–Kier alpha value is -1.96. The van der Waals surface area contributed by atoms with E-state index in [1.54, 1.807) is 0 Å². The average molecular weight is 240 g/mol. The van der Waals surface area contributed by atoms with Crippen LogP contribution < -0.4 is 10.6 Å². The van der Waals surface area contributed by atoms with E-state index in [1.165, 1.54) is 22.4 Å². The summed E-state index contributed by atoms with van der Waals surface area (Å²) in [5.74, 6) is 0. The Bertz CT molecular complexity index is 573. The van der Waals surface area contributed by atoms with Gasteiger partial charge in [-0.1, -0.05) is 18.2 Å². The highest BCUT2D eigenvalue weighted by atomic mass is 15.1. The lowest BCUT2D eigenvalue weighted by Crippen LogP contribution is -2.13. The molecular weight excluding hydrogens is 220 g/mol. The van der Waals surface area contributed by atoms with Crippen molar-refractivity contribution < 1.29 is 0 Å². The third kappa shape index (κ3) is 2.19. The molecule has 0 amide bonds. The van der Waals surface area contributed by atoms with Crippen LogP contribution >= 0.6 is 0 Å². The standard InChI is InChI=1S/C16H20N2/c1-11-7-5-6-8-15(11)18(4)16-10-13(3)12(2)9-14(16)17/h5-10H,17H2,1-4H3. The van der Waals surface area contributed by atoms with Crippen LogP contribution in [0.25, 0.3) is 0 Å². The Balaban J connectivity index is 2.50. The van der Waals surface area contributed by atoms with Gasteiger partial charge in [0.1, 0.15) is 0 Å². The molecule has 0 saturated heterocycles. The number of hydrogen-bond acceptors (Lipinski definition) is 2. The van der Waals surface area contributed by atoms with Gasteiger partial charge in [-0.25, -0.2) is 0 Å². The number of nitrogens with zero attached hydrogens (tertiary/aromatic N) is 1. The zero-order valence-electron chi connectivity index (χ0n) is 11.5. The fourth-order valence-corrected chi connectivity index (χ4v) is 2.18. The van der Waals surface area contributed by atoms with Crippen molar-refractivity contribution in [3.63, 3.8) is 0 Å². The van der Waals surface area contributed by atoms with Crippen LogP contribution in [0.5, 0.6) is 0 Å². The van der Waals surface area contributed by atoms with Crippen LogP contribution in [0.2, 0.25) is 0 Å². The molecule has 0 fully saturated rings. The molecule has 2 heteroatoms. The van der Waals surface area contributed by atoms with Crippen molar-refractivity contribution in [3.05, 3.63) is 53.1 Å². The molecule has 0 saturated carbocycles. The van der Waals surface area contributed by atoms with Gasteiger partial charge in [-0.3, -0.25) is 0 Å². The Morgan fingerprint density at radius 3 is 2.11 bits per heavy atom. The van der Waals surface area contributed by atoms with E-state index in [0.717, 1.165) is 11.4 Å². The lowest BCUT2D eigenvalue weighted by molar-refractivity contribution is 1.17. The van der Waals surface area contributed by atoms with Gasteiger partial charge in [0.25, 0.3) is 0 Å². The van der Waals surface area contributed by atoms with Crippen molar-refractivity contribution in [2.75, 3.05) is 17.7 Å². The van der Waals surface area contributed by atoms with E-state index in [0.29, 0.717) is 0 Å². The SMILES string of the molecule is Cc1cc(N)c(N(C)c2ccccc2C)cc1C. The zero-order valence-corrected chi connectivity index (χ0v) is 11.5. The molecule has 0 unspecified atom stereocenters. The maximum absolute atomic E-state index is 6.14. The Morgan fingerprint density at radius 2 is 1.44 bits per heavy atom. The number of benzene rings is 2. The highest BCUT2D eigenvalue weighted by Gasteiger charge is 2.10. The van der Waals surface area contributed by atoms with Crippen LogP contribution in [0, 0.1) is 20.8 Å². The average Bonchev–Trinajstić information content (AvgIpc) is 2.33. The van der Waals surface area contributed by atoms with Crippen LogP contribution in [0.15, 0.2) is 36.4 Å². The molecule has 2 nitrogen and oxygen atoms in total. The van der Waals surface area contributed by atoms with Gasteiger partial charge in [-0.15, -0.1) is 0 Å². The second-order valence-corrected chi connectivity index (χ2v) is 4.84. The predicted octanol–water partition coefficient (Wildman–Crippen LogP) is 3.96. The van der Waals surface area contributed by atoms with Crippen molar-refractivity contribution >= 4 is 17.1 Å². The molecule has 2 aromatic rings. The summed E-state index contributed by atoms with van der Waals surface area (Å²) in [6, 6.07) is 12.5. The Kier molecular flexibility index (Phi) is 3.28. The van der Waals surface area contributed by atoms with Gasteiger partial charge < -0.3 is 10.6 Å². The summed E-state index contributed by atoms with van der Waals surface area (Å²) in [5.41, 5.74) is 13.0. The van der Waals surface area contributed by atoms with Crippen molar-refractivity contribution in [2.45, 2.75) is 20.8 Å². The molecular formula is C16H20N2. The van der Waals surface area contributed by atoms with Gasteiger partial charge in [-0.2, -0.15) is 0 Å². The van der Waals surface area contributed by atoms with Gasteiger partial charge >= 0.3 is 0 Å². The first-order valence-electron chi connectivity index (χ1n) is 6.17. The van der Waals surface area contributed by atoms with E-state index in [2.05, 4.69) is 63.1 Å². The minimum absolute atomic E-state index is 0.823. The fraction of sp³-hybridized carbons (Fsp3) is 0.250. The number of para-hydroxylation sites is 1. The highest BCUT2D eigenvalue weighted by Crippen LogP contribution is 2.32. The lowest BCUT2D eigenvalue weighted by Gasteiger charge is -2.24. The second-order valence-electron chi connectivity index (χ2n) is 4.84. The molecule has 0 bridgehead atoms. The minimum Gasteiger partial charge on any atom is -0.397 e. The summed E-state index contributed by atoms with van der Waals surface area (Å²) in [5, 5.41) is 0. The molecule has 0 aliphatic rings. The van der Waals surface area contributed by atoms with Gasteiger partial charge in [0, 0.05) is 12.7 Å². The van der Waals surface area contributed by atoms with Crippen molar-refractivity contribution in [3.8, 4) is 0 Å². The molecule has 18 heavy (non-hydrogen) atoms. The molecule has 0 aromatic heterocycles. The zero-order chi connectivity index (χ0) is 13.3. The number of aryl methyl sites for hydroxylation is 3. The van der Waals surface area contributed by atoms with Crippen LogP contribution in [0.3, 0.4) is 0 Å². The molecule has 94 valence electrons. The number of rotatable bonds is 2. The number of anilines is 3. The molecule has 0 heterocycles. The Morgan fingerprint density at radius 1 is 0.833 bits per heavy atom. The quantitative estimate of drug-likeness (QED) is 0.805. The monoisotopic (exact) mass is 240 g/mol. The summed E-state index contributed by atoms with van der Waals surface area (Å²) in [7, 11) is 2.06. The lowest BCUT2D eigenvalue weighted by atomic mass is 10.1. The predicted molar refractivity (Wildman–Crippen MR) is 79.6 cm³/mol. The summed E-state index contributed by atoms with van der Waals surface area (Å²) < 4.78 is 0. The van der Waals surface area contributed by atoms with E-state index in [1.807, 2.05) is 6.07 Å². The first kappa shape index (κ1) is 12.5. The van der Waals surface area contributed by atoms with Crippen LogP contribution in [0.4, 0.5) is 17.1 Å². The van der Waals surface area contributed by atoms with Gasteiger partial charge in [0.15, 0.2) is 0 Å². The molecule has 0 aliphatic carbocycles. The maximum Gasteiger partial charge on any atom is 0.0644 e. The maximum atomic E-state index is 6.14.